The summed E-state index contributed by atoms with van der Waals surface area (Å²) in [5.74, 6) is 1.48. The molecular weight excluding hydrogens is 314 g/mol. The quantitative estimate of drug-likeness (QED) is 0.912. The van der Waals surface area contributed by atoms with E-state index in [1.165, 1.54) is 11.1 Å². The van der Waals surface area contributed by atoms with Crippen LogP contribution in [-0.2, 0) is 0 Å². The molecule has 104 valence electrons. The van der Waals surface area contributed by atoms with E-state index in [1.807, 2.05) is 12.3 Å². The van der Waals surface area contributed by atoms with Gasteiger partial charge in [0.1, 0.15) is 5.82 Å². The summed E-state index contributed by atoms with van der Waals surface area (Å²) in [6.07, 6.45) is 4.14. The first-order chi connectivity index (χ1) is 9.74. The van der Waals surface area contributed by atoms with E-state index in [4.69, 9.17) is 4.98 Å². The van der Waals surface area contributed by atoms with Crippen LogP contribution in [0.4, 0.5) is 0 Å². The standard InChI is InChI=1S/C16H18BrN3/c1-11-2-3-13(17)10-14(11)15-6-9-19-16(20-15)12-4-7-18-8-5-12/h2-3,6,9-10,12,18H,4-5,7-8H2,1H3. The summed E-state index contributed by atoms with van der Waals surface area (Å²) in [4.78, 5) is 9.30. The minimum absolute atomic E-state index is 0.489. The third-order valence-corrected chi connectivity index (χ3v) is 4.35. The minimum Gasteiger partial charge on any atom is -0.317 e. The number of nitrogens with one attached hydrogen (secondary N) is 1. The molecule has 3 nitrogen and oxygen atoms in total. The molecule has 3 rings (SSSR count). The third-order valence-electron chi connectivity index (χ3n) is 3.85. The van der Waals surface area contributed by atoms with Gasteiger partial charge in [0.2, 0.25) is 0 Å². The van der Waals surface area contributed by atoms with Crippen LogP contribution in [0.2, 0.25) is 0 Å². The molecular formula is C16H18BrN3. The molecule has 0 unspecified atom stereocenters. The molecule has 1 aromatic carbocycles. The Balaban J connectivity index is 1.96. The third kappa shape index (κ3) is 2.91. The Morgan fingerprint density at radius 1 is 1.20 bits per heavy atom. The highest BCUT2D eigenvalue weighted by Gasteiger charge is 2.18. The normalized spacial score (nSPS) is 16.3. The van der Waals surface area contributed by atoms with E-state index in [-0.39, 0.29) is 0 Å². The summed E-state index contributed by atoms with van der Waals surface area (Å²) in [5.41, 5.74) is 3.44. The number of rotatable bonds is 2. The molecule has 0 saturated carbocycles. The molecule has 0 radical (unpaired) electrons. The van der Waals surface area contributed by atoms with E-state index in [0.717, 1.165) is 41.9 Å². The topological polar surface area (TPSA) is 37.8 Å². The minimum atomic E-state index is 0.489. The monoisotopic (exact) mass is 331 g/mol. The Labute approximate surface area is 128 Å². The van der Waals surface area contributed by atoms with Crippen molar-refractivity contribution in [2.75, 3.05) is 13.1 Å². The van der Waals surface area contributed by atoms with Gasteiger partial charge in [-0.25, -0.2) is 9.97 Å². The molecule has 1 aliphatic heterocycles. The highest BCUT2D eigenvalue weighted by atomic mass is 79.9. The summed E-state index contributed by atoms with van der Waals surface area (Å²) in [7, 11) is 0. The largest absolute Gasteiger partial charge is 0.317 e. The van der Waals surface area contributed by atoms with Crippen LogP contribution in [0.15, 0.2) is 34.9 Å². The van der Waals surface area contributed by atoms with Crippen LogP contribution in [0, 0.1) is 6.92 Å². The maximum absolute atomic E-state index is 4.81. The van der Waals surface area contributed by atoms with E-state index in [1.54, 1.807) is 0 Å². The number of piperidine rings is 1. The van der Waals surface area contributed by atoms with Crippen molar-refractivity contribution in [3.05, 3.63) is 46.3 Å². The first kappa shape index (κ1) is 13.7. The van der Waals surface area contributed by atoms with E-state index in [0.29, 0.717) is 5.92 Å². The van der Waals surface area contributed by atoms with Gasteiger partial charge < -0.3 is 5.32 Å². The fourth-order valence-electron chi connectivity index (χ4n) is 2.67. The predicted octanol–water partition coefficient (Wildman–Crippen LogP) is 3.68. The van der Waals surface area contributed by atoms with Gasteiger partial charge in [-0.3, -0.25) is 0 Å². The Kier molecular flexibility index (Phi) is 4.13. The van der Waals surface area contributed by atoms with Gasteiger partial charge in [0.25, 0.3) is 0 Å². The van der Waals surface area contributed by atoms with Crippen LogP contribution >= 0.6 is 15.9 Å². The molecule has 0 atom stereocenters. The second kappa shape index (κ2) is 6.02. The number of aryl methyl sites for hydroxylation is 1. The zero-order valence-electron chi connectivity index (χ0n) is 11.6. The van der Waals surface area contributed by atoms with E-state index < -0.39 is 0 Å². The second-order valence-electron chi connectivity index (χ2n) is 5.28. The van der Waals surface area contributed by atoms with Crippen LogP contribution in [0.1, 0.15) is 30.1 Å². The molecule has 1 fully saturated rings. The number of aromatic nitrogens is 2. The maximum Gasteiger partial charge on any atom is 0.132 e. The fourth-order valence-corrected chi connectivity index (χ4v) is 3.03. The smallest absolute Gasteiger partial charge is 0.132 e. The molecule has 1 saturated heterocycles. The molecule has 0 aliphatic carbocycles. The van der Waals surface area contributed by atoms with Crippen molar-refractivity contribution < 1.29 is 0 Å². The van der Waals surface area contributed by atoms with Gasteiger partial charge in [-0.1, -0.05) is 22.0 Å². The number of halogens is 1. The number of nitrogens with zero attached hydrogens (tertiary/aromatic N) is 2. The lowest BCUT2D eigenvalue weighted by Crippen LogP contribution is -2.27. The zero-order chi connectivity index (χ0) is 13.9. The van der Waals surface area contributed by atoms with Crippen molar-refractivity contribution in [3.63, 3.8) is 0 Å². The highest BCUT2D eigenvalue weighted by molar-refractivity contribution is 9.10. The average molecular weight is 332 g/mol. The van der Waals surface area contributed by atoms with Gasteiger partial charge >= 0.3 is 0 Å². The summed E-state index contributed by atoms with van der Waals surface area (Å²) in [6.45, 7) is 4.25. The Morgan fingerprint density at radius 3 is 2.80 bits per heavy atom. The van der Waals surface area contributed by atoms with Crippen LogP contribution in [0.5, 0.6) is 0 Å². The first-order valence-electron chi connectivity index (χ1n) is 7.04. The van der Waals surface area contributed by atoms with Crippen molar-refractivity contribution in [2.24, 2.45) is 0 Å². The molecule has 0 spiro atoms. The van der Waals surface area contributed by atoms with E-state index >= 15 is 0 Å². The van der Waals surface area contributed by atoms with Gasteiger partial charge in [-0.2, -0.15) is 0 Å². The summed E-state index contributed by atoms with van der Waals surface area (Å²) < 4.78 is 1.08. The second-order valence-corrected chi connectivity index (χ2v) is 6.20. The first-order valence-corrected chi connectivity index (χ1v) is 7.83. The molecule has 1 aromatic heterocycles. The van der Waals surface area contributed by atoms with Gasteiger partial charge in [-0.05, 0) is 56.6 Å². The lowest BCUT2D eigenvalue weighted by Gasteiger charge is -2.21. The lowest BCUT2D eigenvalue weighted by molar-refractivity contribution is 0.445. The fraction of sp³-hybridized carbons (Fsp3) is 0.375. The lowest BCUT2D eigenvalue weighted by atomic mass is 9.97. The van der Waals surface area contributed by atoms with Crippen molar-refractivity contribution in [1.82, 2.24) is 15.3 Å². The number of benzene rings is 1. The van der Waals surface area contributed by atoms with Crippen LogP contribution in [0.3, 0.4) is 0 Å². The van der Waals surface area contributed by atoms with Crippen LogP contribution in [-0.4, -0.2) is 23.1 Å². The average Bonchev–Trinajstić information content (AvgIpc) is 2.51. The van der Waals surface area contributed by atoms with Crippen molar-refractivity contribution in [1.29, 1.82) is 0 Å². The summed E-state index contributed by atoms with van der Waals surface area (Å²) >= 11 is 3.54. The Hall–Kier alpha value is -1.26. The molecule has 0 bridgehead atoms. The van der Waals surface area contributed by atoms with Crippen molar-refractivity contribution >= 4 is 15.9 Å². The van der Waals surface area contributed by atoms with Crippen LogP contribution < -0.4 is 5.32 Å². The van der Waals surface area contributed by atoms with Crippen molar-refractivity contribution in [3.8, 4) is 11.3 Å². The molecule has 20 heavy (non-hydrogen) atoms. The zero-order valence-corrected chi connectivity index (χ0v) is 13.2. The highest BCUT2D eigenvalue weighted by Crippen LogP contribution is 2.28. The molecule has 2 aromatic rings. The SMILES string of the molecule is Cc1ccc(Br)cc1-c1ccnc(C2CCNCC2)n1. The molecule has 0 amide bonds. The molecule has 4 heteroatoms. The predicted molar refractivity (Wildman–Crippen MR) is 84.7 cm³/mol. The van der Waals surface area contributed by atoms with Crippen LogP contribution in [0.25, 0.3) is 11.3 Å². The van der Waals surface area contributed by atoms with Gasteiger partial charge in [0.05, 0.1) is 5.69 Å². The van der Waals surface area contributed by atoms with E-state index in [9.17, 15) is 0 Å². The molecule has 2 heterocycles. The van der Waals surface area contributed by atoms with Gasteiger partial charge in [0, 0.05) is 22.2 Å². The Bertz CT molecular complexity index is 606. The van der Waals surface area contributed by atoms with Gasteiger partial charge in [0.15, 0.2) is 0 Å². The molecule has 1 N–H and O–H groups in total. The maximum atomic E-state index is 4.81. The summed E-state index contributed by atoms with van der Waals surface area (Å²) in [5, 5.41) is 3.39. The summed E-state index contributed by atoms with van der Waals surface area (Å²) in [6, 6.07) is 8.31. The van der Waals surface area contributed by atoms with Crippen molar-refractivity contribution in [2.45, 2.75) is 25.7 Å². The number of hydrogen-bond donors (Lipinski definition) is 1. The number of hydrogen-bond acceptors (Lipinski definition) is 3. The van der Waals surface area contributed by atoms with Gasteiger partial charge in [-0.15, -0.1) is 0 Å². The molecule has 1 aliphatic rings. The Morgan fingerprint density at radius 2 is 2.00 bits per heavy atom. The van der Waals surface area contributed by atoms with E-state index in [2.05, 4.69) is 51.4 Å².